The molecule has 0 radical (unpaired) electrons. The lowest BCUT2D eigenvalue weighted by molar-refractivity contribution is -0.129. The van der Waals surface area contributed by atoms with Crippen LogP contribution in [-0.2, 0) is 4.79 Å². The van der Waals surface area contributed by atoms with Crippen LogP contribution in [0, 0.1) is 5.41 Å². The first-order valence-corrected chi connectivity index (χ1v) is 5.75. The molecule has 1 heterocycles. The van der Waals surface area contributed by atoms with E-state index in [1.807, 2.05) is 11.9 Å². The van der Waals surface area contributed by atoms with Gasteiger partial charge in [0, 0.05) is 39.6 Å². The number of hydrogen-bond donors (Lipinski definition) is 0. The summed E-state index contributed by atoms with van der Waals surface area (Å²) >= 11 is 0. The van der Waals surface area contributed by atoms with Crippen molar-refractivity contribution in [3.05, 3.63) is 0 Å². The number of rotatable bonds is 2. The van der Waals surface area contributed by atoms with Gasteiger partial charge in [-0.25, -0.2) is 0 Å². The van der Waals surface area contributed by atoms with Gasteiger partial charge in [-0.15, -0.1) is 0 Å². The van der Waals surface area contributed by atoms with Crippen molar-refractivity contribution in [2.24, 2.45) is 5.41 Å². The smallest absolute Gasteiger partial charge is 0.219 e. The lowest BCUT2D eigenvalue weighted by Crippen LogP contribution is -2.39. The van der Waals surface area contributed by atoms with Gasteiger partial charge in [-0.05, 0) is 11.8 Å². The zero-order valence-corrected chi connectivity index (χ0v) is 10.7. The van der Waals surface area contributed by atoms with E-state index < -0.39 is 0 Å². The summed E-state index contributed by atoms with van der Waals surface area (Å²) in [6.07, 6.45) is 1.12. The number of carbonyl (C=O) groups excluding carboxylic acids is 1. The van der Waals surface area contributed by atoms with Gasteiger partial charge in [-0.2, -0.15) is 0 Å². The molecular formula is C12H24N2O. The van der Waals surface area contributed by atoms with Gasteiger partial charge in [0.15, 0.2) is 0 Å². The molecular weight excluding hydrogens is 188 g/mol. The predicted molar refractivity (Wildman–Crippen MR) is 62.7 cm³/mol. The summed E-state index contributed by atoms with van der Waals surface area (Å²) in [4.78, 5) is 15.6. The van der Waals surface area contributed by atoms with Crippen LogP contribution in [0.2, 0.25) is 0 Å². The minimum Gasteiger partial charge on any atom is -0.342 e. The van der Waals surface area contributed by atoms with E-state index in [1.165, 1.54) is 0 Å². The van der Waals surface area contributed by atoms with Crippen LogP contribution < -0.4 is 0 Å². The van der Waals surface area contributed by atoms with E-state index in [2.05, 4.69) is 25.7 Å². The highest BCUT2D eigenvalue weighted by Gasteiger charge is 2.28. The number of amides is 1. The fraction of sp³-hybridized carbons (Fsp3) is 0.917. The largest absolute Gasteiger partial charge is 0.342 e. The second-order valence-electron chi connectivity index (χ2n) is 5.87. The van der Waals surface area contributed by atoms with E-state index in [-0.39, 0.29) is 5.91 Å². The minimum atomic E-state index is 0.178. The Hall–Kier alpha value is -0.570. The second-order valence-corrected chi connectivity index (χ2v) is 5.87. The molecule has 0 aromatic heterocycles. The Labute approximate surface area is 93.4 Å². The van der Waals surface area contributed by atoms with Crippen molar-refractivity contribution >= 4 is 5.91 Å². The van der Waals surface area contributed by atoms with Gasteiger partial charge in [0.05, 0.1) is 0 Å². The minimum absolute atomic E-state index is 0.178. The van der Waals surface area contributed by atoms with E-state index in [9.17, 15) is 4.79 Å². The Morgan fingerprint density at radius 1 is 1.47 bits per heavy atom. The highest BCUT2D eigenvalue weighted by atomic mass is 16.2. The molecule has 0 aliphatic carbocycles. The third kappa shape index (κ3) is 3.82. The normalized spacial score (nSPS) is 23.1. The Morgan fingerprint density at radius 3 is 2.53 bits per heavy atom. The number of likely N-dealkylation sites (tertiary alicyclic amines) is 1. The Kier molecular flexibility index (Phi) is 3.77. The number of carbonyl (C=O) groups is 1. The highest BCUT2D eigenvalue weighted by molar-refractivity contribution is 5.73. The van der Waals surface area contributed by atoms with Gasteiger partial charge in [0.1, 0.15) is 0 Å². The molecule has 0 aromatic carbocycles. The molecule has 3 nitrogen and oxygen atoms in total. The molecule has 1 fully saturated rings. The summed E-state index contributed by atoms with van der Waals surface area (Å²) in [7, 11) is 1.91. The average molecular weight is 212 g/mol. The second kappa shape index (κ2) is 4.52. The van der Waals surface area contributed by atoms with Gasteiger partial charge in [-0.3, -0.25) is 4.79 Å². The molecule has 88 valence electrons. The predicted octanol–water partition coefficient (Wildman–Crippen LogP) is 1.59. The van der Waals surface area contributed by atoms with Gasteiger partial charge in [-0.1, -0.05) is 20.8 Å². The van der Waals surface area contributed by atoms with E-state index in [4.69, 9.17) is 0 Å². The first-order valence-electron chi connectivity index (χ1n) is 5.75. The number of likely N-dealkylation sites (N-methyl/N-ethyl adjacent to an activating group) is 1. The molecule has 1 aliphatic heterocycles. The van der Waals surface area contributed by atoms with Crippen LogP contribution in [0.5, 0.6) is 0 Å². The van der Waals surface area contributed by atoms with E-state index in [1.54, 1.807) is 6.92 Å². The first kappa shape index (κ1) is 12.5. The van der Waals surface area contributed by atoms with Crippen LogP contribution in [0.15, 0.2) is 0 Å². The van der Waals surface area contributed by atoms with Gasteiger partial charge in [0.25, 0.3) is 0 Å². The van der Waals surface area contributed by atoms with Crippen LogP contribution in [0.1, 0.15) is 34.1 Å². The SMILES string of the molecule is CC(=O)N(C)[C@@H]1CCN(CC(C)(C)C)C1. The average Bonchev–Trinajstić information content (AvgIpc) is 2.48. The molecule has 0 spiro atoms. The molecule has 1 atom stereocenters. The third-order valence-electron chi connectivity index (χ3n) is 2.99. The van der Waals surface area contributed by atoms with Crippen molar-refractivity contribution < 1.29 is 4.79 Å². The molecule has 1 aliphatic rings. The summed E-state index contributed by atoms with van der Waals surface area (Å²) in [6.45, 7) is 11.7. The Balaban J connectivity index is 2.42. The molecule has 0 bridgehead atoms. The Bertz CT molecular complexity index is 232. The first-order chi connectivity index (χ1) is 6.79. The summed E-state index contributed by atoms with van der Waals surface area (Å²) < 4.78 is 0. The lowest BCUT2D eigenvalue weighted by Gasteiger charge is -2.27. The van der Waals surface area contributed by atoms with Crippen LogP contribution in [0.3, 0.4) is 0 Å². The van der Waals surface area contributed by atoms with E-state index in [0.29, 0.717) is 11.5 Å². The molecule has 0 N–H and O–H groups in total. The van der Waals surface area contributed by atoms with Crippen molar-refractivity contribution in [1.82, 2.24) is 9.80 Å². The summed E-state index contributed by atoms with van der Waals surface area (Å²) in [5.74, 6) is 0.178. The van der Waals surface area contributed by atoms with Crippen LogP contribution in [0.25, 0.3) is 0 Å². The molecule has 0 saturated carbocycles. The summed E-state index contributed by atoms with van der Waals surface area (Å²) in [5, 5.41) is 0. The molecule has 1 amide bonds. The molecule has 1 rings (SSSR count). The molecule has 0 unspecified atom stereocenters. The van der Waals surface area contributed by atoms with Crippen LogP contribution in [0.4, 0.5) is 0 Å². The van der Waals surface area contributed by atoms with Crippen LogP contribution >= 0.6 is 0 Å². The van der Waals surface area contributed by atoms with E-state index >= 15 is 0 Å². The van der Waals surface area contributed by atoms with Crippen molar-refractivity contribution in [1.29, 1.82) is 0 Å². The van der Waals surface area contributed by atoms with Crippen molar-refractivity contribution in [2.75, 3.05) is 26.7 Å². The molecule has 15 heavy (non-hydrogen) atoms. The van der Waals surface area contributed by atoms with Crippen LogP contribution in [-0.4, -0.2) is 48.4 Å². The van der Waals surface area contributed by atoms with Gasteiger partial charge < -0.3 is 9.80 Å². The third-order valence-corrected chi connectivity index (χ3v) is 2.99. The maximum Gasteiger partial charge on any atom is 0.219 e. The fourth-order valence-corrected chi connectivity index (χ4v) is 2.20. The zero-order valence-electron chi connectivity index (χ0n) is 10.7. The maximum absolute atomic E-state index is 11.2. The van der Waals surface area contributed by atoms with Crippen molar-refractivity contribution in [2.45, 2.75) is 40.2 Å². The quantitative estimate of drug-likeness (QED) is 0.694. The highest BCUT2D eigenvalue weighted by Crippen LogP contribution is 2.21. The number of nitrogens with zero attached hydrogens (tertiary/aromatic N) is 2. The molecule has 0 aromatic rings. The van der Waals surface area contributed by atoms with E-state index in [0.717, 1.165) is 26.1 Å². The molecule has 1 saturated heterocycles. The summed E-state index contributed by atoms with van der Waals surface area (Å²) in [5.41, 5.74) is 0.351. The number of hydrogen-bond acceptors (Lipinski definition) is 2. The standard InChI is InChI=1S/C12H24N2O/c1-10(15)13(5)11-6-7-14(8-11)9-12(2,3)4/h11H,6-9H2,1-5H3/t11-/m1/s1. The Morgan fingerprint density at radius 2 is 2.07 bits per heavy atom. The monoisotopic (exact) mass is 212 g/mol. The molecule has 3 heteroatoms. The topological polar surface area (TPSA) is 23.6 Å². The zero-order chi connectivity index (χ0) is 11.6. The van der Waals surface area contributed by atoms with Crippen molar-refractivity contribution in [3.8, 4) is 0 Å². The maximum atomic E-state index is 11.2. The lowest BCUT2D eigenvalue weighted by atomic mass is 9.96. The van der Waals surface area contributed by atoms with Gasteiger partial charge in [0.2, 0.25) is 5.91 Å². The van der Waals surface area contributed by atoms with Crippen molar-refractivity contribution in [3.63, 3.8) is 0 Å². The fourth-order valence-electron chi connectivity index (χ4n) is 2.20. The summed E-state index contributed by atoms with van der Waals surface area (Å²) in [6, 6.07) is 0.421. The van der Waals surface area contributed by atoms with Gasteiger partial charge >= 0.3 is 0 Å².